The number of nitrogens with zero attached hydrogens (tertiary/aromatic N) is 2. The Hall–Kier alpha value is -1.48. The fraction of sp³-hybridized carbons (Fsp3) is 0.333. The minimum atomic E-state index is -0.954. The molecule has 0 aromatic carbocycles. The molecule has 2 unspecified atom stereocenters. The van der Waals surface area contributed by atoms with Crippen LogP contribution in [0.3, 0.4) is 0 Å². The number of allylic oxidation sites excluding steroid dienone is 2. The average molecular weight is 299 g/mol. The number of anilines is 2. The number of nitrogen functional groups attached to an aromatic ring is 2. The number of aliphatic hydroxyl groups excluding tert-OH is 1. The summed E-state index contributed by atoms with van der Waals surface area (Å²) in [5, 5.41) is 8.81. The van der Waals surface area contributed by atoms with Gasteiger partial charge in [-0.2, -0.15) is 4.98 Å². The Kier molecular flexibility index (Phi) is 3.59. The van der Waals surface area contributed by atoms with Crippen molar-refractivity contribution < 1.29 is 5.11 Å². The summed E-state index contributed by atoms with van der Waals surface area (Å²) in [4.78, 5) is 6.90. The van der Waals surface area contributed by atoms with Crippen LogP contribution in [0, 0.1) is 11.8 Å². The summed E-state index contributed by atoms with van der Waals surface area (Å²) in [6.45, 7) is 1.39. The van der Waals surface area contributed by atoms with Crippen molar-refractivity contribution in [1.82, 2.24) is 9.97 Å². The van der Waals surface area contributed by atoms with Crippen molar-refractivity contribution in [2.45, 2.75) is 23.8 Å². The molecule has 1 aromatic heterocycles. The monoisotopic (exact) mass is 298 g/mol. The van der Waals surface area contributed by atoms with Gasteiger partial charge in [0, 0.05) is 5.56 Å². The molecule has 1 aliphatic carbocycles. The molecule has 0 saturated heterocycles. The lowest BCUT2D eigenvalue weighted by molar-refractivity contribution is 0.276. The van der Waals surface area contributed by atoms with E-state index >= 15 is 0 Å². The van der Waals surface area contributed by atoms with E-state index in [0.29, 0.717) is 16.8 Å². The molecule has 7 heteroatoms. The van der Waals surface area contributed by atoms with E-state index in [1.165, 1.54) is 0 Å². The molecule has 0 aliphatic heterocycles. The molecule has 0 amide bonds. The van der Waals surface area contributed by atoms with Crippen molar-refractivity contribution in [3.8, 4) is 11.8 Å². The van der Waals surface area contributed by atoms with Crippen LogP contribution < -0.4 is 11.5 Å². The standard InChI is InChI=1S/C12H12Cl2N4O/c1-12(14)6(3-2-4-8(12)13)9-7(5-19)17-11(16)18-10(9)15/h3,8,19H,5H2,1H3,(H4,15,16,17,18). The number of aliphatic hydroxyl groups is 1. The highest BCUT2D eigenvalue weighted by atomic mass is 35.5. The maximum Gasteiger partial charge on any atom is 0.222 e. The molecule has 2 rings (SSSR count). The average Bonchev–Trinajstić information content (AvgIpc) is 2.33. The normalized spacial score (nSPS) is 25.5. The van der Waals surface area contributed by atoms with Crippen molar-refractivity contribution in [3.05, 3.63) is 17.3 Å². The molecule has 0 spiro atoms. The Morgan fingerprint density at radius 1 is 1.47 bits per heavy atom. The van der Waals surface area contributed by atoms with Gasteiger partial charge in [0.25, 0.3) is 0 Å². The molecule has 1 heterocycles. The predicted octanol–water partition coefficient (Wildman–Crippen LogP) is 1.14. The van der Waals surface area contributed by atoms with Gasteiger partial charge < -0.3 is 16.6 Å². The first-order chi connectivity index (χ1) is 8.87. The third-order valence-electron chi connectivity index (χ3n) is 2.88. The molecule has 0 radical (unpaired) electrons. The van der Waals surface area contributed by atoms with Crippen LogP contribution in [0.25, 0.3) is 5.57 Å². The van der Waals surface area contributed by atoms with Crippen LogP contribution in [0.15, 0.2) is 6.08 Å². The number of rotatable bonds is 2. The minimum Gasteiger partial charge on any atom is -0.390 e. The number of aromatic nitrogens is 2. The molecular formula is C12H12Cl2N4O. The highest BCUT2D eigenvalue weighted by Gasteiger charge is 2.38. The van der Waals surface area contributed by atoms with E-state index in [-0.39, 0.29) is 18.4 Å². The lowest BCUT2D eigenvalue weighted by Gasteiger charge is -2.30. The summed E-state index contributed by atoms with van der Waals surface area (Å²) < 4.78 is 0. The van der Waals surface area contributed by atoms with Crippen LogP contribution >= 0.6 is 23.2 Å². The highest BCUT2D eigenvalue weighted by molar-refractivity contribution is 6.38. The Balaban J connectivity index is 2.67. The quantitative estimate of drug-likeness (QED) is 0.562. The molecule has 19 heavy (non-hydrogen) atoms. The number of nitrogens with two attached hydrogens (primary N) is 2. The number of alkyl halides is 2. The zero-order valence-electron chi connectivity index (χ0n) is 10.1. The zero-order valence-corrected chi connectivity index (χ0v) is 11.6. The Morgan fingerprint density at radius 3 is 2.79 bits per heavy atom. The van der Waals surface area contributed by atoms with E-state index in [0.717, 1.165) is 0 Å². The van der Waals surface area contributed by atoms with Crippen LogP contribution in [0.1, 0.15) is 18.2 Å². The first-order valence-electron chi connectivity index (χ1n) is 5.45. The molecular weight excluding hydrogens is 287 g/mol. The van der Waals surface area contributed by atoms with E-state index in [9.17, 15) is 5.11 Å². The first-order valence-corrected chi connectivity index (χ1v) is 6.27. The van der Waals surface area contributed by atoms with Crippen LogP contribution in [0.2, 0.25) is 0 Å². The van der Waals surface area contributed by atoms with Gasteiger partial charge in [-0.3, -0.25) is 0 Å². The SMILES string of the molecule is CC1(Cl)C(c2c(N)nc(N)nc2CO)=CC#CC1Cl. The summed E-state index contributed by atoms with van der Waals surface area (Å²) in [6, 6.07) is 0. The van der Waals surface area contributed by atoms with E-state index in [4.69, 9.17) is 34.7 Å². The topological polar surface area (TPSA) is 98.0 Å². The van der Waals surface area contributed by atoms with Gasteiger partial charge in [-0.05, 0) is 18.6 Å². The van der Waals surface area contributed by atoms with E-state index < -0.39 is 10.3 Å². The molecule has 0 bridgehead atoms. The molecule has 5 N–H and O–H groups in total. The van der Waals surface area contributed by atoms with E-state index in [2.05, 4.69) is 21.8 Å². The lowest BCUT2D eigenvalue weighted by Crippen LogP contribution is -2.32. The number of hydrogen-bond donors (Lipinski definition) is 3. The predicted molar refractivity (Wildman–Crippen MR) is 76.4 cm³/mol. The van der Waals surface area contributed by atoms with Crippen molar-refractivity contribution in [3.63, 3.8) is 0 Å². The second kappa shape index (κ2) is 4.89. The first kappa shape index (κ1) is 13.9. The second-order valence-corrected chi connectivity index (χ2v) is 5.45. The van der Waals surface area contributed by atoms with Gasteiger partial charge in [0.15, 0.2) is 0 Å². The van der Waals surface area contributed by atoms with Crippen molar-refractivity contribution >= 4 is 40.5 Å². The minimum absolute atomic E-state index is 0.00788. The Labute approximate surface area is 120 Å². The van der Waals surface area contributed by atoms with Crippen LogP contribution in [-0.4, -0.2) is 25.3 Å². The molecule has 1 aliphatic rings. The van der Waals surface area contributed by atoms with Gasteiger partial charge in [-0.25, -0.2) is 4.98 Å². The smallest absolute Gasteiger partial charge is 0.222 e. The molecule has 0 saturated carbocycles. The van der Waals surface area contributed by atoms with Crippen LogP contribution in [0.4, 0.5) is 11.8 Å². The summed E-state index contributed by atoms with van der Waals surface area (Å²) in [6.07, 6.45) is 1.61. The lowest BCUT2D eigenvalue weighted by atomic mass is 9.87. The van der Waals surface area contributed by atoms with Crippen molar-refractivity contribution in [1.29, 1.82) is 0 Å². The molecule has 5 nitrogen and oxygen atoms in total. The maximum atomic E-state index is 9.39. The molecule has 100 valence electrons. The second-order valence-electron chi connectivity index (χ2n) is 4.23. The maximum absolute atomic E-state index is 9.39. The number of hydrogen-bond acceptors (Lipinski definition) is 5. The highest BCUT2D eigenvalue weighted by Crippen LogP contribution is 2.42. The zero-order chi connectivity index (χ0) is 14.2. The summed E-state index contributed by atoms with van der Waals surface area (Å²) in [5.41, 5.74) is 12.7. The van der Waals surface area contributed by atoms with E-state index in [1.807, 2.05) is 0 Å². The van der Waals surface area contributed by atoms with E-state index in [1.54, 1.807) is 13.0 Å². The van der Waals surface area contributed by atoms with Gasteiger partial charge in [-0.15, -0.1) is 23.2 Å². The largest absolute Gasteiger partial charge is 0.390 e. The molecule has 2 atom stereocenters. The van der Waals surface area contributed by atoms with Gasteiger partial charge in [0.2, 0.25) is 5.95 Å². The fourth-order valence-corrected chi connectivity index (χ4v) is 2.26. The third kappa shape index (κ3) is 2.35. The van der Waals surface area contributed by atoms with Crippen molar-refractivity contribution in [2.24, 2.45) is 0 Å². The fourth-order valence-electron chi connectivity index (χ4n) is 1.87. The molecule has 1 aromatic rings. The Morgan fingerprint density at radius 2 is 2.16 bits per heavy atom. The van der Waals surface area contributed by atoms with Crippen molar-refractivity contribution in [2.75, 3.05) is 11.5 Å². The summed E-state index contributed by atoms with van der Waals surface area (Å²) >= 11 is 12.6. The summed E-state index contributed by atoms with van der Waals surface area (Å²) in [7, 11) is 0. The van der Waals surface area contributed by atoms with Gasteiger partial charge in [0.1, 0.15) is 11.2 Å². The Bertz CT molecular complexity index is 616. The van der Waals surface area contributed by atoms with Crippen LogP contribution in [-0.2, 0) is 6.61 Å². The van der Waals surface area contributed by atoms with Gasteiger partial charge >= 0.3 is 0 Å². The van der Waals surface area contributed by atoms with Crippen LogP contribution in [0.5, 0.6) is 0 Å². The third-order valence-corrected chi connectivity index (χ3v) is 3.96. The van der Waals surface area contributed by atoms with Gasteiger partial charge in [0.05, 0.1) is 17.2 Å². The molecule has 0 fully saturated rings. The number of halogens is 2. The summed E-state index contributed by atoms with van der Waals surface area (Å²) in [5.74, 6) is 5.69. The van der Waals surface area contributed by atoms with Gasteiger partial charge in [-0.1, -0.05) is 11.8 Å².